The number of aromatic nitrogens is 2. The molecule has 152 valence electrons. The first kappa shape index (κ1) is 18.5. The number of hydrogen-bond donors (Lipinski definition) is 0. The molecule has 1 atom stereocenters. The van der Waals surface area contributed by atoms with E-state index in [1.54, 1.807) is 13.2 Å². The number of hydrogen-bond acceptors (Lipinski definition) is 4. The molecule has 1 aromatic carbocycles. The Morgan fingerprint density at radius 3 is 3.00 bits per heavy atom. The van der Waals surface area contributed by atoms with Crippen molar-refractivity contribution < 1.29 is 9.53 Å². The molecule has 30 heavy (non-hydrogen) atoms. The maximum atomic E-state index is 13.3. The van der Waals surface area contributed by atoms with E-state index < -0.39 is 0 Å². The van der Waals surface area contributed by atoms with Gasteiger partial charge in [0.05, 0.1) is 18.5 Å². The molecule has 2 aliphatic rings. The van der Waals surface area contributed by atoms with Crippen LogP contribution in [0.3, 0.4) is 0 Å². The average Bonchev–Trinajstić information content (AvgIpc) is 3.45. The smallest absolute Gasteiger partial charge is 0.254 e. The number of anilines is 1. The molecule has 6 heteroatoms. The first-order valence-corrected chi connectivity index (χ1v) is 10.1. The predicted octanol–water partition coefficient (Wildman–Crippen LogP) is 3.63. The van der Waals surface area contributed by atoms with Gasteiger partial charge in [-0.3, -0.25) is 4.79 Å². The van der Waals surface area contributed by atoms with Crippen LogP contribution in [-0.4, -0.2) is 47.1 Å². The van der Waals surface area contributed by atoms with Crippen molar-refractivity contribution in [2.75, 3.05) is 31.6 Å². The van der Waals surface area contributed by atoms with Crippen LogP contribution in [0.2, 0.25) is 0 Å². The molecule has 1 spiro atoms. The molecule has 1 saturated heterocycles. The molecule has 1 fully saturated rings. The summed E-state index contributed by atoms with van der Waals surface area (Å²) in [7, 11) is 1.61. The summed E-state index contributed by atoms with van der Waals surface area (Å²) in [5.74, 6) is 1.64. The van der Waals surface area contributed by atoms with Crippen molar-refractivity contribution in [1.29, 1.82) is 0 Å². The molecule has 0 unspecified atom stereocenters. The van der Waals surface area contributed by atoms with Gasteiger partial charge in [0.2, 0.25) is 0 Å². The van der Waals surface area contributed by atoms with Crippen LogP contribution in [0.15, 0.2) is 73.6 Å². The molecule has 0 saturated carbocycles. The summed E-state index contributed by atoms with van der Waals surface area (Å²) in [5.41, 5.74) is 2.56. The van der Waals surface area contributed by atoms with Crippen LogP contribution < -0.4 is 9.64 Å². The highest BCUT2D eigenvalue weighted by Crippen LogP contribution is 2.47. The van der Waals surface area contributed by atoms with Gasteiger partial charge in [0, 0.05) is 37.6 Å². The van der Waals surface area contributed by atoms with E-state index in [4.69, 9.17) is 4.74 Å². The number of fused-ring (bicyclic) bond motifs is 4. The number of rotatable bonds is 4. The van der Waals surface area contributed by atoms with Crippen LogP contribution in [-0.2, 0) is 5.54 Å². The number of likely N-dealkylation sites (tertiary alicyclic amines) is 1. The van der Waals surface area contributed by atoms with E-state index in [1.165, 1.54) is 0 Å². The van der Waals surface area contributed by atoms with Gasteiger partial charge in [-0.15, -0.1) is 6.58 Å². The van der Waals surface area contributed by atoms with E-state index in [9.17, 15) is 4.79 Å². The van der Waals surface area contributed by atoms with E-state index in [0.717, 1.165) is 23.6 Å². The third-order valence-electron chi connectivity index (χ3n) is 6.19. The van der Waals surface area contributed by atoms with Crippen molar-refractivity contribution in [2.24, 2.45) is 0 Å². The summed E-state index contributed by atoms with van der Waals surface area (Å²) >= 11 is 0. The maximum absolute atomic E-state index is 13.3. The highest BCUT2D eigenvalue weighted by Gasteiger charge is 2.50. The van der Waals surface area contributed by atoms with E-state index in [-0.39, 0.29) is 11.4 Å². The lowest BCUT2D eigenvalue weighted by Gasteiger charge is -2.46. The number of methoxy groups -OCH3 is 1. The summed E-state index contributed by atoms with van der Waals surface area (Å²) in [6, 6.07) is 15.6. The Morgan fingerprint density at radius 2 is 2.17 bits per heavy atom. The Hall–Kier alpha value is -3.54. The number of ether oxygens (including phenoxy) is 1. The quantitative estimate of drug-likeness (QED) is 0.628. The zero-order chi connectivity index (χ0) is 20.7. The molecule has 0 aliphatic carbocycles. The summed E-state index contributed by atoms with van der Waals surface area (Å²) in [6.45, 7) is 5.96. The fourth-order valence-electron chi connectivity index (χ4n) is 4.84. The Labute approximate surface area is 176 Å². The molecule has 6 nitrogen and oxygen atoms in total. The second-order valence-electron chi connectivity index (χ2n) is 7.75. The monoisotopic (exact) mass is 400 g/mol. The first-order chi connectivity index (χ1) is 14.7. The Balaban J connectivity index is 1.55. The molecule has 2 aromatic heterocycles. The van der Waals surface area contributed by atoms with Gasteiger partial charge in [0.1, 0.15) is 11.3 Å². The average molecular weight is 400 g/mol. The van der Waals surface area contributed by atoms with Crippen LogP contribution >= 0.6 is 0 Å². The van der Waals surface area contributed by atoms with Gasteiger partial charge in [0.25, 0.3) is 5.91 Å². The van der Waals surface area contributed by atoms with Crippen molar-refractivity contribution in [3.05, 3.63) is 84.8 Å². The fourth-order valence-corrected chi connectivity index (χ4v) is 4.84. The third kappa shape index (κ3) is 2.64. The standard InChI is InChI=1S/C24H24N4O2/c1-3-13-28-20-9-5-12-25-22(20)27-14-6-10-21(27)24(28)11-15-26(17-24)23(29)18-7-4-8-19(16-18)30-2/h3-10,12,14,16H,1,11,13,15,17H2,2H3/t24-/m1/s1. The van der Waals surface area contributed by atoms with Crippen molar-refractivity contribution in [3.63, 3.8) is 0 Å². The highest BCUT2D eigenvalue weighted by atomic mass is 16.5. The van der Waals surface area contributed by atoms with E-state index in [0.29, 0.717) is 30.9 Å². The second-order valence-corrected chi connectivity index (χ2v) is 7.75. The molecule has 5 rings (SSSR count). The number of amides is 1. The van der Waals surface area contributed by atoms with Crippen molar-refractivity contribution in [2.45, 2.75) is 12.0 Å². The number of benzene rings is 1. The summed E-state index contributed by atoms with van der Waals surface area (Å²) < 4.78 is 7.46. The van der Waals surface area contributed by atoms with Crippen LogP contribution in [0.1, 0.15) is 22.5 Å². The SMILES string of the molecule is C=CCN1c2cccnc2-n2cccc2[C@]12CCN(C(=O)c1cccc(OC)c1)C2. The molecule has 2 aliphatic heterocycles. The Kier molecular flexibility index (Phi) is 4.35. The third-order valence-corrected chi connectivity index (χ3v) is 6.19. The van der Waals surface area contributed by atoms with Gasteiger partial charge in [0.15, 0.2) is 5.82 Å². The van der Waals surface area contributed by atoms with Crippen LogP contribution in [0.5, 0.6) is 5.75 Å². The lowest BCUT2D eigenvalue weighted by atomic mass is 9.89. The summed E-state index contributed by atoms with van der Waals surface area (Å²) in [6.07, 6.45) is 6.64. The minimum atomic E-state index is -0.317. The normalized spacial score (nSPS) is 19.5. The number of nitrogens with zero attached hydrogens (tertiary/aromatic N) is 4. The molecule has 0 radical (unpaired) electrons. The Morgan fingerprint density at radius 1 is 1.27 bits per heavy atom. The molecule has 3 aromatic rings. The van der Waals surface area contributed by atoms with Crippen LogP contribution in [0.25, 0.3) is 5.82 Å². The molecular formula is C24H24N4O2. The van der Waals surface area contributed by atoms with Gasteiger partial charge < -0.3 is 19.1 Å². The molecule has 0 bridgehead atoms. The van der Waals surface area contributed by atoms with E-state index >= 15 is 0 Å². The van der Waals surface area contributed by atoms with E-state index in [1.807, 2.05) is 41.4 Å². The molecular weight excluding hydrogens is 376 g/mol. The van der Waals surface area contributed by atoms with Gasteiger partial charge in [-0.1, -0.05) is 12.1 Å². The minimum absolute atomic E-state index is 0.0272. The fraction of sp³-hybridized carbons (Fsp3) is 0.250. The molecule has 1 amide bonds. The van der Waals surface area contributed by atoms with E-state index in [2.05, 4.69) is 45.4 Å². The number of carbonyl (C=O) groups is 1. The zero-order valence-corrected chi connectivity index (χ0v) is 17.0. The topological polar surface area (TPSA) is 50.6 Å². The Bertz CT molecular complexity index is 1120. The number of carbonyl (C=O) groups excluding carboxylic acids is 1. The highest BCUT2D eigenvalue weighted by molar-refractivity contribution is 5.95. The van der Waals surface area contributed by atoms with Crippen LogP contribution in [0.4, 0.5) is 5.69 Å². The zero-order valence-electron chi connectivity index (χ0n) is 17.0. The lowest BCUT2D eigenvalue weighted by Crippen LogP contribution is -2.52. The first-order valence-electron chi connectivity index (χ1n) is 10.1. The van der Waals surface area contributed by atoms with Crippen molar-refractivity contribution >= 4 is 11.6 Å². The van der Waals surface area contributed by atoms with Gasteiger partial charge in [-0.25, -0.2) is 4.98 Å². The van der Waals surface area contributed by atoms with Gasteiger partial charge in [-0.2, -0.15) is 0 Å². The summed E-state index contributed by atoms with van der Waals surface area (Å²) in [5, 5.41) is 0. The summed E-state index contributed by atoms with van der Waals surface area (Å²) in [4.78, 5) is 22.3. The number of pyridine rings is 1. The molecule has 4 heterocycles. The van der Waals surface area contributed by atoms with Crippen molar-refractivity contribution in [3.8, 4) is 11.6 Å². The van der Waals surface area contributed by atoms with Crippen LogP contribution in [0, 0.1) is 0 Å². The minimum Gasteiger partial charge on any atom is -0.497 e. The maximum Gasteiger partial charge on any atom is 0.254 e. The largest absolute Gasteiger partial charge is 0.497 e. The van der Waals surface area contributed by atoms with Gasteiger partial charge in [-0.05, 0) is 48.9 Å². The second kappa shape index (κ2) is 7.06. The predicted molar refractivity (Wildman–Crippen MR) is 116 cm³/mol. The van der Waals surface area contributed by atoms with Gasteiger partial charge >= 0.3 is 0 Å². The molecule has 0 N–H and O–H groups in total. The van der Waals surface area contributed by atoms with Crippen molar-refractivity contribution in [1.82, 2.24) is 14.5 Å². The lowest BCUT2D eigenvalue weighted by molar-refractivity contribution is 0.0782.